The van der Waals surface area contributed by atoms with Gasteiger partial charge in [0.15, 0.2) is 17.5 Å². The average Bonchev–Trinajstić information content (AvgIpc) is 3.00. The summed E-state index contributed by atoms with van der Waals surface area (Å²) in [5, 5.41) is 3.09. The Hall–Kier alpha value is -3.01. The highest BCUT2D eigenvalue weighted by Gasteiger charge is 2.10. The molecular weight excluding hydrogens is 507 g/mol. The van der Waals surface area contributed by atoms with Gasteiger partial charge in [-0.05, 0) is 29.3 Å². The molecule has 4 rings (SSSR count). The van der Waals surface area contributed by atoms with Crippen molar-refractivity contribution in [1.29, 1.82) is 0 Å². The van der Waals surface area contributed by atoms with E-state index in [9.17, 15) is 4.79 Å². The topological polar surface area (TPSA) is 90.9 Å². The van der Waals surface area contributed by atoms with Gasteiger partial charge < -0.3 is 25.1 Å². The minimum absolute atomic E-state index is 0. The van der Waals surface area contributed by atoms with E-state index >= 15 is 0 Å². The lowest BCUT2D eigenvalue weighted by Gasteiger charge is -2.11. The first-order valence-electron chi connectivity index (χ1n) is 9.87. The molecule has 162 valence electrons. The number of anilines is 1. The number of fused-ring (bicyclic) bond motifs is 1. The molecule has 0 fully saturated rings. The van der Waals surface area contributed by atoms with Crippen molar-refractivity contribution in [2.45, 2.75) is 19.5 Å². The third-order valence-electron chi connectivity index (χ3n) is 4.73. The van der Waals surface area contributed by atoms with Gasteiger partial charge in [-0.1, -0.05) is 30.3 Å². The van der Waals surface area contributed by atoms with Crippen LogP contribution in [0.5, 0.6) is 11.5 Å². The van der Waals surface area contributed by atoms with Crippen LogP contribution >= 0.6 is 24.0 Å². The minimum atomic E-state index is -0.0141. The first-order valence-corrected chi connectivity index (χ1v) is 9.87. The van der Waals surface area contributed by atoms with E-state index in [1.54, 1.807) is 22.9 Å². The van der Waals surface area contributed by atoms with Crippen LogP contribution in [0.4, 0.5) is 5.69 Å². The predicted octanol–water partition coefficient (Wildman–Crippen LogP) is 3.60. The molecule has 1 aliphatic heterocycles. The Bertz CT molecular complexity index is 1100. The van der Waals surface area contributed by atoms with E-state index in [4.69, 9.17) is 15.2 Å². The van der Waals surface area contributed by atoms with Crippen LogP contribution in [0.3, 0.4) is 0 Å². The highest BCUT2D eigenvalue weighted by Crippen LogP contribution is 2.32. The van der Waals surface area contributed by atoms with Crippen molar-refractivity contribution in [2.24, 2.45) is 10.7 Å². The number of nitrogens with one attached hydrogen (secondary N) is 1. The molecule has 2 aromatic carbocycles. The summed E-state index contributed by atoms with van der Waals surface area (Å²) < 4.78 is 13.0. The summed E-state index contributed by atoms with van der Waals surface area (Å²) in [5.74, 6) is 1.77. The van der Waals surface area contributed by atoms with E-state index in [1.807, 2.05) is 48.5 Å². The molecule has 0 saturated carbocycles. The van der Waals surface area contributed by atoms with Gasteiger partial charge in [0.05, 0.1) is 26.3 Å². The summed E-state index contributed by atoms with van der Waals surface area (Å²) >= 11 is 0. The number of pyridine rings is 1. The minimum Gasteiger partial charge on any atom is -0.490 e. The molecular formula is C23H25IN4O3. The number of nitrogens with two attached hydrogens (primary N) is 1. The average molecular weight is 532 g/mol. The molecule has 7 nitrogen and oxygen atoms in total. The fraction of sp³-hybridized carbons (Fsp3) is 0.217. The van der Waals surface area contributed by atoms with Crippen LogP contribution in [-0.4, -0.2) is 23.7 Å². The SMILES string of the molecule is I.NC(=NCc1ccc(Cn2ccccc2=O)cc1)Nc1ccc2c(c1)OCCCO2. The number of rotatable bonds is 5. The summed E-state index contributed by atoms with van der Waals surface area (Å²) in [6, 6.07) is 18.7. The second kappa shape index (κ2) is 10.9. The van der Waals surface area contributed by atoms with Gasteiger partial charge in [0.2, 0.25) is 0 Å². The van der Waals surface area contributed by atoms with Crippen LogP contribution in [0, 0.1) is 0 Å². The third-order valence-corrected chi connectivity index (χ3v) is 4.73. The second-order valence-corrected chi connectivity index (χ2v) is 7.02. The van der Waals surface area contributed by atoms with Crippen molar-refractivity contribution < 1.29 is 9.47 Å². The van der Waals surface area contributed by atoms with Gasteiger partial charge in [0.25, 0.3) is 5.56 Å². The number of hydrogen-bond acceptors (Lipinski definition) is 4. The Morgan fingerprint density at radius 3 is 2.52 bits per heavy atom. The highest BCUT2D eigenvalue weighted by molar-refractivity contribution is 14.0. The van der Waals surface area contributed by atoms with E-state index in [-0.39, 0.29) is 29.5 Å². The van der Waals surface area contributed by atoms with Crippen LogP contribution in [0.1, 0.15) is 17.5 Å². The maximum Gasteiger partial charge on any atom is 0.250 e. The number of nitrogens with zero attached hydrogens (tertiary/aromatic N) is 2. The predicted molar refractivity (Wildman–Crippen MR) is 133 cm³/mol. The lowest BCUT2D eigenvalue weighted by Crippen LogP contribution is -2.22. The smallest absolute Gasteiger partial charge is 0.250 e. The van der Waals surface area contributed by atoms with Gasteiger partial charge in [-0.25, -0.2) is 4.99 Å². The van der Waals surface area contributed by atoms with Crippen molar-refractivity contribution in [3.05, 3.63) is 88.3 Å². The van der Waals surface area contributed by atoms with Gasteiger partial charge in [0.1, 0.15) is 0 Å². The maximum atomic E-state index is 11.8. The fourth-order valence-electron chi connectivity index (χ4n) is 3.14. The summed E-state index contributed by atoms with van der Waals surface area (Å²) in [6.07, 6.45) is 2.65. The molecule has 0 aliphatic carbocycles. The lowest BCUT2D eigenvalue weighted by atomic mass is 10.1. The first-order chi connectivity index (χ1) is 14.7. The summed E-state index contributed by atoms with van der Waals surface area (Å²) in [6.45, 7) is 2.28. The van der Waals surface area contributed by atoms with E-state index in [0.29, 0.717) is 38.0 Å². The Morgan fingerprint density at radius 1 is 1.00 bits per heavy atom. The van der Waals surface area contributed by atoms with Gasteiger partial charge >= 0.3 is 0 Å². The molecule has 0 unspecified atom stereocenters. The van der Waals surface area contributed by atoms with Gasteiger partial charge in [0, 0.05) is 30.4 Å². The number of halogens is 1. The second-order valence-electron chi connectivity index (χ2n) is 7.02. The molecule has 0 atom stereocenters. The molecule has 0 radical (unpaired) electrons. The number of aliphatic imine (C=N–C) groups is 1. The molecule has 1 aromatic heterocycles. The van der Waals surface area contributed by atoms with Crippen LogP contribution in [0.2, 0.25) is 0 Å². The zero-order valence-corrected chi connectivity index (χ0v) is 19.3. The van der Waals surface area contributed by atoms with Crippen LogP contribution in [-0.2, 0) is 13.1 Å². The molecule has 3 aromatic rings. The molecule has 0 saturated heterocycles. The molecule has 0 amide bonds. The Balaban J connectivity index is 0.00000272. The van der Waals surface area contributed by atoms with E-state index < -0.39 is 0 Å². The molecule has 8 heteroatoms. The number of aromatic nitrogens is 1. The molecule has 0 bridgehead atoms. The molecule has 1 aliphatic rings. The largest absolute Gasteiger partial charge is 0.490 e. The molecule has 3 N–H and O–H groups in total. The van der Waals surface area contributed by atoms with Crippen molar-refractivity contribution in [2.75, 3.05) is 18.5 Å². The number of hydrogen-bond donors (Lipinski definition) is 2. The van der Waals surface area contributed by atoms with Crippen LogP contribution in [0.25, 0.3) is 0 Å². The lowest BCUT2D eigenvalue weighted by molar-refractivity contribution is 0.297. The molecule has 0 spiro atoms. The zero-order valence-electron chi connectivity index (χ0n) is 17.0. The van der Waals surface area contributed by atoms with E-state index in [2.05, 4.69) is 10.3 Å². The zero-order chi connectivity index (χ0) is 20.8. The normalized spacial score (nSPS) is 13.1. The van der Waals surface area contributed by atoms with E-state index in [1.165, 1.54) is 0 Å². The quantitative estimate of drug-likeness (QED) is 0.298. The summed E-state index contributed by atoms with van der Waals surface area (Å²) in [5.41, 5.74) is 8.90. The molecule has 2 heterocycles. The maximum absolute atomic E-state index is 11.8. The van der Waals surface area contributed by atoms with Gasteiger partial charge in [-0.3, -0.25) is 4.79 Å². The number of ether oxygens (including phenoxy) is 2. The molecule has 31 heavy (non-hydrogen) atoms. The summed E-state index contributed by atoms with van der Waals surface area (Å²) in [4.78, 5) is 16.2. The van der Waals surface area contributed by atoms with Crippen molar-refractivity contribution in [3.63, 3.8) is 0 Å². The Labute approximate surface area is 197 Å². The standard InChI is InChI=1S/C23H24N4O3.HI/c24-23(26-19-9-10-20-21(14-19)30-13-3-12-29-20)25-15-17-5-7-18(8-6-17)16-27-11-2-1-4-22(27)28;/h1-2,4-11,14H,3,12-13,15-16H2,(H3,24,25,26);1H. The number of guanidine groups is 1. The van der Waals surface area contributed by atoms with Crippen molar-refractivity contribution >= 4 is 35.6 Å². The Morgan fingerprint density at radius 2 is 1.74 bits per heavy atom. The van der Waals surface area contributed by atoms with Crippen LogP contribution < -0.4 is 26.1 Å². The third kappa shape index (κ3) is 6.24. The monoisotopic (exact) mass is 532 g/mol. The number of benzene rings is 2. The Kier molecular flexibility index (Phi) is 7.94. The van der Waals surface area contributed by atoms with Crippen LogP contribution in [0.15, 0.2) is 76.6 Å². The van der Waals surface area contributed by atoms with Crippen molar-refractivity contribution in [1.82, 2.24) is 4.57 Å². The summed E-state index contributed by atoms with van der Waals surface area (Å²) in [7, 11) is 0. The van der Waals surface area contributed by atoms with Gasteiger partial charge in [-0.15, -0.1) is 24.0 Å². The fourth-order valence-corrected chi connectivity index (χ4v) is 3.14. The highest BCUT2D eigenvalue weighted by atomic mass is 127. The van der Waals surface area contributed by atoms with Gasteiger partial charge in [-0.2, -0.15) is 0 Å². The van der Waals surface area contributed by atoms with E-state index in [0.717, 1.165) is 29.0 Å². The first kappa shape index (κ1) is 22.7. The van der Waals surface area contributed by atoms with Crippen molar-refractivity contribution in [3.8, 4) is 11.5 Å².